The molecule has 2 aromatic rings. The molecule has 0 N–H and O–H groups in total. The van der Waals surface area contributed by atoms with E-state index in [4.69, 9.17) is 4.74 Å². The van der Waals surface area contributed by atoms with E-state index < -0.39 is 16.9 Å². The molecule has 0 unspecified atom stereocenters. The van der Waals surface area contributed by atoms with Crippen LogP contribution in [0.5, 0.6) is 0 Å². The predicted octanol–water partition coefficient (Wildman–Crippen LogP) is 3.73. The van der Waals surface area contributed by atoms with Crippen molar-refractivity contribution in [1.29, 1.82) is 0 Å². The molecule has 27 heavy (non-hydrogen) atoms. The van der Waals surface area contributed by atoms with E-state index in [0.29, 0.717) is 12.0 Å². The monoisotopic (exact) mass is 368 g/mol. The molecule has 0 fully saturated rings. The third kappa shape index (κ3) is 3.16. The van der Waals surface area contributed by atoms with E-state index in [-0.39, 0.29) is 17.6 Å². The Morgan fingerprint density at radius 2 is 1.85 bits per heavy atom. The van der Waals surface area contributed by atoms with Crippen molar-refractivity contribution in [3.8, 4) is 11.1 Å². The lowest BCUT2D eigenvalue weighted by Gasteiger charge is -2.29. The Labute approximate surface area is 156 Å². The van der Waals surface area contributed by atoms with Gasteiger partial charge in [0.2, 0.25) is 0 Å². The number of ether oxygens (including phenoxy) is 1. The van der Waals surface area contributed by atoms with Crippen LogP contribution in [0.15, 0.2) is 42.5 Å². The molecule has 0 aromatic heterocycles. The van der Waals surface area contributed by atoms with Gasteiger partial charge >= 0.3 is 5.97 Å². The summed E-state index contributed by atoms with van der Waals surface area (Å²) < 4.78 is 4.85. The Hall–Kier alpha value is -3.22. The molecule has 1 aliphatic heterocycles. The number of hydrogen-bond donors (Lipinski definition) is 0. The first-order valence-corrected chi connectivity index (χ1v) is 8.68. The molecule has 1 aliphatic rings. The van der Waals surface area contributed by atoms with Crippen molar-refractivity contribution in [3.05, 3.63) is 63.7 Å². The maximum Gasteiger partial charge on any atom is 0.328 e. The van der Waals surface area contributed by atoms with E-state index in [1.54, 1.807) is 23.1 Å². The summed E-state index contributed by atoms with van der Waals surface area (Å²) >= 11 is 0. The summed E-state index contributed by atoms with van der Waals surface area (Å²) in [4.78, 5) is 37.0. The number of non-ortho nitro benzene ring substituents is 1. The topological polar surface area (TPSA) is 89.8 Å². The largest absolute Gasteiger partial charge is 0.467 e. The fourth-order valence-electron chi connectivity index (χ4n) is 3.55. The third-order valence-electron chi connectivity index (χ3n) is 4.99. The number of methoxy groups -OCH3 is 1. The zero-order valence-corrected chi connectivity index (χ0v) is 15.3. The van der Waals surface area contributed by atoms with Crippen LogP contribution in [0.1, 0.15) is 42.2 Å². The van der Waals surface area contributed by atoms with Crippen LogP contribution in [0.4, 0.5) is 5.69 Å². The Morgan fingerprint density at radius 1 is 1.22 bits per heavy atom. The van der Waals surface area contributed by atoms with E-state index in [0.717, 1.165) is 16.7 Å². The molecule has 0 bridgehead atoms. The van der Waals surface area contributed by atoms with Crippen LogP contribution in [0.25, 0.3) is 11.1 Å². The van der Waals surface area contributed by atoms with Gasteiger partial charge in [0.25, 0.3) is 11.6 Å². The number of benzene rings is 2. The van der Waals surface area contributed by atoms with E-state index in [9.17, 15) is 19.7 Å². The zero-order chi connectivity index (χ0) is 19.7. The van der Waals surface area contributed by atoms with Crippen molar-refractivity contribution >= 4 is 17.6 Å². The first-order valence-electron chi connectivity index (χ1n) is 8.68. The number of esters is 1. The van der Waals surface area contributed by atoms with E-state index in [1.807, 2.05) is 26.0 Å². The molecule has 1 amide bonds. The maximum absolute atomic E-state index is 13.0. The van der Waals surface area contributed by atoms with Gasteiger partial charge in [-0.05, 0) is 48.2 Å². The molecule has 2 aromatic carbocycles. The second-order valence-corrected chi connectivity index (χ2v) is 6.44. The maximum atomic E-state index is 13.0. The van der Waals surface area contributed by atoms with Crippen LogP contribution >= 0.6 is 0 Å². The minimum Gasteiger partial charge on any atom is -0.467 e. The minimum atomic E-state index is -0.632. The van der Waals surface area contributed by atoms with Gasteiger partial charge in [-0.15, -0.1) is 0 Å². The number of hydrogen-bond acceptors (Lipinski definition) is 5. The van der Waals surface area contributed by atoms with Gasteiger partial charge in [-0.3, -0.25) is 14.9 Å². The van der Waals surface area contributed by atoms with Gasteiger partial charge in [0.15, 0.2) is 0 Å². The Balaban J connectivity index is 1.96. The smallest absolute Gasteiger partial charge is 0.328 e. The molecule has 0 saturated carbocycles. The predicted molar refractivity (Wildman–Crippen MR) is 99.2 cm³/mol. The van der Waals surface area contributed by atoms with Crippen molar-refractivity contribution in [2.75, 3.05) is 7.11 Å². The number of nitro benzene ring substituents is 1. The Morgan fingerprint density at radius 3 is 2.41 bits per heavy atom. The van der Waals surface area contributed by atoms with Gasteiger partial charge in [-0.25, -0.2) is 4.79 Å². The van der Waals surface area contributed by atoms with Gasteiger partial charge in [0.1, 0.15) is 6.04 Å². The average Bonchev–Trinajstić information content (AvgIpc) is 2.93. The molecular weight excluding hydrogens is 348 g/mol. The highest BCUT2D eigenvalue weighted by Crippen LogP contribution is 2.38. The highest BCUT2D eigenvalue weighted by molar-refractivity contribution is 6.02. The van der Waals surface area contributed by atoms with Crippen LogP contribution in [-0.4, -0.2) is 34.9 Å². The van der Waals surface area contributed by atoms with Crippen molar-refractivity contribution in [2.24, 2.45) is 0 Å². The Bertz CT molecular complexity index is 907. The van der Waals surface area contributed by atoms with Crippen LogP contribution < -0.4 is 0 Å². The fourth-order valence-corrected chi connectivity index (χ4v) is 3.55. The number of nitrogens with zero attached hydrogens (tertiary/aromatic N) is 2. The molecule has 0 spiro atoms. The fraction of sp³-hybridized carbons (Fsp3) is 0.300. The van der Waals surface area contributed by atoms with Crippen LogP contribution in [0, 0.1) is 10.1 Å². The van der Waals surface area contributed by atoms with E-state index in [1.165, 1.54) is 19.2 Å². The highest BCUT2D eigenvalue weighted by Gasteiger charge is 2.41. The molecule has 7 nitrogen and oxygen atoms in total. The lowest BCUT2D eigenvalue weighted by Crippen LogP contribution is -2.43. The quantitative estimate of drug-likeness (QED) is 0.456. The van der Waals surface area contributed by atoms with Gasteiger partial charge < -0.3 is 9.64 Å². The SMILES string of the molecule is CC[C@@H](C(=O)OC)N1C(=O)c2cc(-c3ccc([N+](=O)[O-])cc3)ccc2[C@@H]1C. The molecular formula is C20H20N2O5. The number of amides is 1. The van der Waals surface area contributed by atoms with E-state index >= 15 is 0 Å². The van der Waals surface area contributed by atoms with Crippen molar-refractivity contribution < 1.29 is 19.2 Å². The van der Waals surface area contributed by atoms with Gasteiger partial charge in [-0.2, -0.15) is 0 Å². The molecule has 140 valence electrons. The summed E-state index contributed by atoms with van der Waals surface area (Å²) in [5.74, 6) is -0.639. The van der Waals surface area contributed by atoms with Crippen molar-refractivity contribution in [2.45, 2.75) is 32.4 Å². The highest BCUT2D eigenvalue weighted by atomic mass is 16.6. The van der Waals surface area contributed by atoms with Crippen molar-refractivity contribution in [3.63, 3.8) is 0 Å². The summed E-state index contributed by atoms with van der Waals surface area (Å²) in [5, 5.41) is 10.8. The first kappa shape index (κ1) is 18.6. The molecule has 0 radical (unpaired) electrons. The van der Waals surface area contributed by atoms with E-state index in [2.05, 4.69) is 0 Å². The standard InChI is InChI=1S/C20H20N2O5/c1-4-18(20(24)27-3)21-12(2)16-10-7-14(11-17(16)19(21)23)13-5-8-15(9-6-13)22(25)26/h5-12,18H,4H2,1-3H3/t12-,18-/m0/s1. The minimum absolute atomic E-state index is 0.0136. The summed E-state index contributed by atoms with van der Waals surface area (Å²) in [6.45, 7) is 3.73. The Kier molecular flexibility index (Phi) is 4.94. The number of rotatable bonds is 5. The number of nitro groups is 1. The molecule has 0 aliphatic carbocycles. The summed E-state index contributed by atoms with van der Waals surface area (Å²) in [7, 11) is 1.32. The second kappa shape index (κ2) is 7.19. The van der Waals surface area contributed by atoms with Gasteiger partial charge in [-0.1, -0.05) is 19.1 Å². The normalized spacial score (nSPS) is 16.8. The van der Waals surface area contributed by atoms with Crippen LogP contribution in [-0.2, 0) is 9.53 Å². The average molecular weight is 368 g/mol. The molecule has 0 saturated heterocycles. The molecule has 1 heterocycles. The third-order valence-corrected chi connectivity index (χ3v) is 4.99. The molecule has 3 rings (SSSR count). The summed E-state index contributed by atoms with van der Waals surface area (Å²) in [5.41, 5.74) is 2.98. The molecule has 2 atom stereocenters. The van der Waals surface area contributed by atoms with Gasteiger partial charge in [0.05, 0.1) is 18.1 Å². The van der Waals surface area contributed by atoms with Crippen molar-refractivity contribution in [1.82, 2.24) is 4.90 Å². The van der Waals surface area contributed by atoms with Crippen LogP contribution in [0.3, 0.4) is 0 Å². The molecule has 7 heteroatoms. The lowest BCUT2D eigenvalue weighted by molar-refractivity contribution is -0.384. The summed E-state index contributed by atoms with van der Waals surface area (Å²) in [6, 6.07) is 10.8. The number of fused-ring (bicyclic) bond motifs is 1. The zero-order valence-electron chi connectivity index (χ0n) is 15.3. The second-order valence-electron chi connectivity index (χ2n) is 6.44. The first-order chi connectivity index (χ1) is 12.9. The number of carbonyl (C=O) groups is 2. The number of carbonyl (C=O) groups excluding carboxylic acids is 2. The lowest BCUT2D eigenvalue weighted by atomic mass is 9.98. The van der Waals surface area contributed by atoms with Gasteiger partial charge in [0, 0.05) is 17.7 Å². The van der Waals surface area contributed by atoms with Crippen LogP contribution in [0.2, 0.25) is 0 Å². The summed E-state index contributed by atoms with van der Waals surface area (Å²) in [6.07, 6.45) is 0.464.